The Kier molecular flexibility index (Phi) is 3.90. The van der Waals surface area contributed by atoms with Crippen molar-refractivity contribution in [3.8, 4) is 6.07 Å². The zero-order valence-corrected chi connectivity index (χ0v) is 8.20. The fraction of sp³-hybridized carbons (Fsp3) is 0.250. The molecule has 2 heteroatoms. The molecule has 0 unspecified atom stereocenters. The van der Waals surface area contributed by atoms with Crippen molar-refractivity contribution in [3.63, 3.8) is 0 Å². The number of hydrogen-bond donors (Lipinski definition) is 1. The molecule has 0 bridgehead atoms. The van der Waals surface area contributed by atoms with Crippen LogP contribution in [0.5, 0.6) is 0 Å². The van der Waals surface area contributed by atoms with Gasteiger partial charge in [0.2, 0.25) is 0 Å². The third kappa shape index (κ3) is 2.72. The van der Waals surface area contributed by atoms with E-state index in [-0.39, 0.29) is 6.61 Å². The molecule has 0 amide bonds. The van der Waals surface area contributed by atoms with Crippen LogP contribution in [0.4, 0.5) is 0 Å². The van der Waals surface area contributed by atoms with E-state index in [2.05, 4.69) is 6.07 Å². The topological polar surface area (TPSA) is 44.0 Å². The Morgan fingerprint density at radius 2 is 2.29 bits per heavy atom. The van der Waals surface area contributed by atoms with Crippen LogP contribution < -0.4 is 0 Å². The van der Waals surface area contributed by atoms with Crippen molar-refractivity contribution in [3.05, 3.63) is 41.0 Å². The Balaban J connectivity index is 2.85. The van der Waals surface area contributed by atoms with Gasteiger partial charge in [-0.15, -0.1) is 0 Å². The van der Waals surface area contributed by atoms with Gasteiger partial charge in [-0.2, -0.15) is 5.26 Å². The van der Waals surface area contributed by atoms with Gasteiger partial charge in [0.15, 0.2) is 0 Å². The second-order valence-electron chi connectivity index (χ2n) is 3.10. The fourth-order valence-corrected chi connectivity index (χ4v) is 1.22. The Bertz CT molecular complexity index is 374. The van der Waals surface area contributed by atoms with E-state index in [1.54, 1.807) is 6.07 Å². The molecule has 72 valence electrons. The number of rotatable bonds is 3. The van der Waals surface area contributed by atoms with Gasteiger partial charge in [0.1, 0.15) is 0 Å². The quantitative estimate of drug-likeness (QED) is 0.788. The fourth-order valence-electron chi connectivity index (χ4n) is 1.22. The van der Waals surface area contributed by atoms with Crippen molar-refractivity contribution in [2.45, 2.75) is 13.3 Å². The number of aliphatic hydroxyl groups is 1. The van der Waals surface area contributed by atoms with Crippen LogP contribution >= 0.6 is 0 Å². The summed E-state index contributed by atoms with van der Waals surface area (Å²) in [4.78, 5) is 0. The predicted octanol–water partition coefficient (Wildman–Crippen LogP) is 2.26. The van der Waals surface area contributed by atoms with Gasteiger partial charge in [0.25, 0.3) is 0 Å². The molecule has 0 aliphatic carbocycles. The zero-order chi connectivity index (χ0) is 10.4. The summed E-state index contributed by atoms with van der Waals surface area (Å²) >= 11 is 0. The van der Waals surface area contributed by atoms with E-state index in [9.17, 15) is 0 Å². The molecule has 0 aromatic heterocycles. The third-order valence-corrected chi connectivity index (χ3v) is 1.99. The molecule has 14 heavy (non-hydrogen) atoms. The molecule has 0 fully saturated rings. The summed E-state index contributed by atoms with van der Waals surface area (Å²) in [5, 5.41) is 17.3. The van der Waals surface area contributed by atoms with E-state index >= 15 is 0 Å². The largest absolute Gasteiger partial charge is 0.396 e. The van der Waals surface area contributed by atoms with Crippen LogP contribution in [0.25, 0.3) is 6.08 Å². The molecule has 1 N–H and O–H groups in total. The Morgan fingerprint density at radius 1 is 1.50 bits per heavy atom. The highest BCUT2D eigenvalue weighted by Gasteiger charge is 1.95. The van der Waals surface area contributed by atoms with Gasteiger partial charge in [-0.05, 0) is 36.6 Å². The lowest BCUT2D eigenvalue weighted by Gasteiger charge is -1.99. The molecular formula is C12H13NO. The highest BCUT2D eigenvalue weighted by molar-refractivity contribution is 5.55. The maximum absolute atomic E-state index is 8.67. The van der Waals surface area contributed by atoms with E-state index in [1.165, 1.54) is 0 Å². The van der Waals surface area contributed by atoms with Gasteiger partial charge in [0, 0.05) is 6.61 Å². The molecule has 0 atom stereocenters. The molecule has 1 rings (SSSR count). The van der Waals surface area contributed by atoms with Crippen LogP contribution in [-0.4, -0.2) is 11.7 Å². The van der Waals surface area contributed by atoms with Crippen molar-refractivity contribution in [2.24, 2.45) is 0 Å². The van der Waals surface area contributed by atoms with Crippen LogP contribution in [0.3, 0.4) is 0 Å². The van der Waals surface area contributed by atoms with Gasteiger partial charge in [-0.1, -0.05) is 18.2 Å². The minimum absolute atomic E-state index is 0.172. The van der Waals surface area contributed by atoms with Crippen LogP contribution in [0, 0.1) is 18.3 Å². The van der Waals surface area contributed by atoms with E-state index in [4.69, 9.17) is 10.4 Å². The van der Waals surface area contributed by atoms with Crippen LogP contribution in [0.15, 0.2) is 24.3 Å². The molecule has 0 aliphatic rings. The number of benzene rings is 1. The number of aryl methyl sites for hydroxylation is 1. The van der Waals surface area contributed by atoms with Crippen LogP contribution in [-0.2, 0) is 0 Å². The predicted molar refractivity (Wildman–Crippen MR) is 56.6 cm³/mol. The summed E-state index contributed by atoms with van der Waals surface area (Å²) < 4.78 is 0. The number of aliphatic hydroxyl groups excluding tert-OH is 1. The van der Waals surface area contributed by atoms with Crippen molar-refractivity contribution in [1.82, 2.24) is 0 Å². The summed E-state index contributed by atoms with van der Waals surface area (Å²) in [5.74, 6) is 0. The zero-order valence-electron chi connectivity index (χ0n) is 8.20. The Morgan fingerprint density at radius 3 is 2.86 bits per heavy atom. The number of nitriles is 1. The minimum atomic E-state index is 0.172. The standard InChI is InChI=1S/C12H13NO/c1-10-8-11(9-13)5-6-12(10)4-2-3-7-14/h2,4-6,8,14H,3,7H2,1H3. The van der Waals surface area contributed by atoms with E-state index in [0.29, 0.717) is 12.0 Å². The average molecular weight is 187 g/mol. The van der Waals surface area contributed by atoms with Crippen LogP contribution in [0.1, 0.15) is 23.1 Å². The van der Waals surface area contributed by atoms with Gasteiger partial charge < -0.3 is 5.11 Å². The first-order valence-corrected chi connectivity index (χ1v) is 4.56. The lowest BCUT2D eigenvalue weighted by molar-refractivity contribution is 0.303. The van der Waals surface area contributed by atoms with Crippen molar-refractivity contribution < 1.29 is 5.11 Å². The lowest BCUT2D eigenvalue weighted by Crippen LogP contribution is -1.83. The SMILES string of the molecule is Cc1cc(C#N)ccc1C=CCCO. The minimum Gasteiger partial charge on any atom is -0.396 e. The first-order chi connectivity index (χ1) is 6.77. The normalized spacial score (nSPS) is 10.4. The van der Waals surface area contributed by atoms with Crippen molar-refractivity contribution in [2.75, 3.05) is 6.61 Å². The third-order valence-electron chi connectivity index (χ3n) is 1.99. The van der Waals surface area contributed by atoms with E-state index in [1.807, 2.05) is 31.2 Å². The van der Waals surface area contributed by atoms with E-state index < -0.39 is 0 Å². The molecule has 0 heterocycles. The second-order valence-corrected chi connectivity index (χ2v) is 3.10. The number of hydrogen-bond acceptors (Lipinski definition) is 2. The molecular weight excluding hydrogens is 174 g/mol. The van der Waals surface area contributed by atoms with Crippen molar-refractivity contribution in [1.29, 1.82) is 5.26 Å². The van der Waals surface area contributed by atoms with E-state index in [0.717, 1.165) is 11.1 Å². The van der Waals surface area contributed by atoms with Gasteiger partial charge >= 0.3 is 0 Å². The summed E-state index contributed by atoms with van der Waals surface area (Å²) in [6.07, 6.45) is 4.56. The highest BCUT2D eigenvalue weighted by Crippen LogP contribution is 2.12. The molecule has 0 aliphatic heterocycles. The molecule has 0 saturated carbocycles. The smallest absolute Gasteiger partial charge is 0.0991 e. The lowest BCUT2D eigenvalue weighted by atomic mass is 10.1. The number of nitrogens with zero attached hydrogens (tertiary/aromatic N) is 1. The molecule has 1 aromatic carbocycles. The maximum Gasteiger partial charge on any atom is 0.0991 e. The highest BCUT2D eigenvalue weighted by atomic mass is 16.2. The first-order valence-electron chi connectivity index (χ1n) is 4.56. The van der Waals surface area contributed by atoms with Crippen molar-refractivity contribution >= 4 is 6.08 Å². The molecule has 0 radical (unpaired) electrons. The maximum atomic E-state index is 8.67. The summed E-state index contributed by atoms with van der Waals surface area (Å²) in [7, 11) is 0. The average Bonchev–Trinajstić information content (AvgIpc) is 2.20. The first kappa shape index (κ1) is 10.5. The monoisotopic (exact) mass is 187 g/mol. The second kappa shape index (κ2) is 5.21. The Hall–Kier alpha value is -1.59. The van der Waals surface area contributed by atoms with Gasteiger partial charge in [0.05, 0.1) is 11.6 Å². The van der Waals surface area contributed by atoms with Gasteiger partial charge in [-0.25, -0.2) is 0 Å². The molecule has 0 spiro atoms. The van der Waals surface area contributed by atoms with Gasteiger partial charge in [-0.3, -0.25) is 0 Å². The summed E-state index contributed by atoms with van der Waals surface area (Å²) in [6.45, 7) is 2.14. The summed E-state index contributed by atoms with van der Waals surface area (Å²) in [6, 6.07) is 7.67. The molecule has 1 aromatic rings. The molecule has 0 saturated heterocycles. The summed E-state index contributed by atoms with van der Waals surface area (Å²) in [5.41, 5.74) is 2.86. The van der Waals surface area contributed by atoms with Crippen LogP contribution in [0.2, 0.25) is 0 Å². The Labute approximate surface area is 84.1 Å². The molecule has 2 nitrogen and oxygen atoms in total.